The summed E-state index contributed by atoms with van der Waals surface area (Å²) >= 11 is 0. The van der Waals surface area contributed by atoms with Crippen molar-refractivity contribution in [1.82, 2.24) is 10.2 Å². The minimum atomic E-state index is 0.785. The average molecular weight is 224 g/mol. The number of likely N-dealkylation sites (tertiary alicyclic amines) is 1. The zero-order chi connectivity index (χ0) is 11.4. The van der Waals surface area contributed by atoms with E-state index in [9.17, 15) is 0 Å². The van der Waals surface area contributed by atoms with E-state index in [2.05, 4.69) is 24.1 Å². The lowest BCUT2D eigenvalue weighted by Crippen LogP contribution is -2.32. The van der Waals surface area contributed by atoms with Gasteiger partial charge in [-0.25, -0.2) is 0 Å². The van der Waals surface area contributed by atoms with Crippen molar-refractivity contribution in [3.63, 3.8) is 0 Å². The van der Waals surface area contributed by atoms with Crippen LogP contribution in [0.5, 0.6) is 0 Å². The summed E-state index contributed by atoms with van der Waals surface area (Å²) in [6, 6.07) is 0. The van der Waals surface area contributed by atoms with Gasteiger partial charge in [-0.15, -0.1) is 0 Å². The minimum Gasteiger partial charge on any atom is -0.316 e. The van der Waals surface area contributed by atoms with Crippen LogP contribution < -0.4 is 5.32 Å². The summed E-state index contributed by atoms with van der Waals surface area (Å²) in [5.41, 5.74) is 0. The highest BCUT2D eigenvalue weighted by molar-refractivity contribution is 4.81. The summed E-state index contributed by atoms with van der Waals surface area (Å²) < 4.78 is 0. The van der Waals surface area contributed by atoms with Gasteiger partial charge >= 0.3 is 0 Å². The molecule has 0 aromatic carbocycles. The molecule has 1 aliphatic carbocycles. The molecule has 0 aromatic rings. The second kappa shape index (κ2) is 6.02. The SMILES string of the molecule is CC(C)CNCC1CCN(CC2CCC2)C1. The maximum atomic E-state index is 3.60. The summed E-state index contributed by atoms with van der Waals surface area (Å²) in [6.07, 6.45) is 5.88. The van der Waals surface area contributed by atoms with Crippen LogP contribution in [-0.2, 0) is 0 Å². The molecule has 0 bridgehead atoms. The molecule has 1 N–H and O–H groups in total. The smallest absolute Gasteiger partial charge is 0.00224 e. The van der Waals surface area contributed by atoms with Gasteiger partial charge in [0, 0.05) is 13.1 Å². The first-order valence-electron chi connectivity index (χ1n) is 7.17. The number of nitrogens with one attached hydrogen (secondary N) is 1. The summed E-state index contributed by atoms with van der Waals surface area (Å²) in [7, 11) is 0. The Labute approximate surface area is 101 Å². The first-order valence-corrected chi connectivity index (χ1v) is 7.17. The van der Waals surface area contributed by atoms with E-state index in [0.29, 0.717) is 0 Å². The molecule has 1 heterocycles. The minimum absolute atomic E-state index is 0.785. The fourth-order valence-corrected chi connectivity index (χ4v) is 2.86. The van der Waals surface area contributed by atoms with E-state index in [1.165, 1.54) is 58.4 Å². The first-order chi connectivity index (χ1) is 7.74. The summed E-state index contributed by atoms with van der Waals surface area (Å²) in [6.45, 7) is 11.1. The van der Waals surface area contributed by atoms with Crippen LogP contribution in [0.25, 0.3) is 0 Å². The molecular formula is C14H28N2. The third kappa shape index (κ3) is 3.74. The lowest BCUT2D eigenvalue weighted by Gasteiger charge is -2.30. The van der Waals surface area contributed by atoms with Crippen molar-refractivity contribution in [3.05, 3.63) is 0 Å². The quantitative estimate of drug-likeness (QED) is 0.745. The van der Waals surface area contributed by atoms with Crippen molar-refractivity contribution in [2.75, 3.05) is 32.7 Å². The molecule has 2 rings (SSSR count). The molecule has 1 unspecified atom stereocenters. The predicted octanol–water partition coefficient (Wildman–Crippen LogP) is 2.35. The predicted molar refractivity (Wildman–Crippen MR) is 69.6 cm³/mol. The van der Waals surface area contributed by atoms with Crippen LogP contribution in [0, 0.1) is 17.8 Å². The number of rotatable bonds is 6. The van der Waals surface area contributed by atoms with Crippen LogP contribution in [0.1, 0.15) is 39.5 Å². The van der Waals surface area contributed by atoms with E-state index in [4.69, 9.17) is 0 Å². The van der Waals surface area contributed by atoms with Crippen molar-refractivity contribution in [2.24, 2.45) is 17.8 Å². The van der Waals surface area contributed by atoms with Crippen LogP contribution in [0.3, 0.4) is 0 Å². The highest BCUT2D eigenvalue weighted by Crippen LogP contribution is 2.28. The van der Waals surface area contributed by atoms with Gasteiger partial charge in [-0.2, -0.15) is 0 Å². The highest BCUT2D eigenvalue weighted by atomic mass is 15.2. The standard InChI is InChI=1S/C14H28N2/c1-12(2)8-15-9-14-6-7-16(11-14)10-13-4-3-5-13/h12-15H,3-11H2,1-2H3. The number of nitrogens with zero attached hydrogens (tertiary/aromatic N) is 1. The molecular weight excluding hydrogens is 196 g/mol. The first kappa shape index (κ1) is 12.4. The van der Waals surface area contributed by atoms with E-state index < -0.39 is 0 Å². The van der Waals surface area contributed by atoms with E-state index in [0.717, 1.165) is 17.8 Å². The van der Waals surface area contributed by atoms with Crippen molar-refractivity contribution in [2.45, 2.75) is 39.5 Å². The second-order valence-electron chi connectivity index (χ2n) is 6.26. The van der Waals surface area contributed by atoms with Gasteiger partial charge in [0.05, 0.1) is 0 Å². The fourth-order valence-electron chi connectivity index (χ4n) is 2.86. The van der Waals surface area contributed by atoms with E-state index in [1.807, 2.05) is 0 Å². The summed E-state index contributed by atoms with van der Waals surface area (Å²) in [4.78, 5) is 2.70. The molecule has 0 aromatic heterocycles. The normalized spacial score (nSPS) is 27.6. The molecule has 1 saturated carbocycles. The maximum absolute atomic E-state index is 3.60. The zero-order valence-electron chi connectivity index (χ0n) is 11.0. The van der Waals surface area contributed by atoms with Gasteiger partial charge < -0.3 is 10.2 Å². The van der Waals surface area contributed by atoms with E-state index in [1.54, 1.807) is 0 Å². The molecule has 1 atom stereocenters. The Balaban J connectivity index is 1.56. The molecule has 0 amide bonds. The van der Waals surface area contributed by atoms with E-state index in [-0.39, 0.29) is 0 Å². The monoisotopic (exact) mass is 224 g/mol. The molecule has 94 valence electrons. The number of hydrogen-bond donors (Lipinski definition) is 1. The molecule has 16 heavy (non-hydrogen) atoms. The molecule has 2 heteroatoms. The molecule has 0 spiro atoms. The molecule has 2 nitrogen and oxygen atoms in total. The second-order valence-corrected chi connectivity index (χ2v) is 6.26. The third-order valence-corrected chi connectivity index (χ3v) is 4.10. The largest absolute Gasteiger partial charge is 0.316 e. The van der Waals surface area contributed by atoms with Crippen LogP contribution in [-0.4, -0.2) is 37.6 Å². The van der Waals surface area contributed by atoms with Gasteiger partial charge in [-0.1, -0.05) is 20.3 Å². The van der Waals surface area contributed by atoms with Gasteiger partial charge in [-0.3, -0.25) is 0 Å². The van der Waals surface area contributed by atoms with Crippen molar-refractivity contribution < 1.29 is 0 Å². The van der Waals surface area contributed by atoms with Gasteiger partial charge in [0.2, 0.25) is 0 Å². The van der Waals surface area contributed by atoms with E-state index >= 15 is 0 Å². The van der Waals surface area contributed by atoms with Gasteiger partial charge in [0.15, 0.2) is 0 Å². The molecule has 1 aliphatic heterocycles. The fraction of sp³-hybridized carbons (Fsp3) is 1.00. The van der Waals surface area contributed by atoms with Crippen LogP contribution in [0.2, 0.25) is 0 Å². The highest BCUT2D eigenvalue weighted by Gasteiger charge is 2.26. The van der Waals surface area contributed by atoms with Gasteiger partial charge in [0.1, 0.15) is 0 Å². The van der Waals surface area contributed by atoms with Gasteiger partial charge in [-0.05, 0) is 56.7 Å². The molecule has 2 aliphatic rings. The number of hydrogen-bond acceptors (Lipinski definition) is 2. The lowest BCUT2D eigenvalue weighted by molar-refractivity contribution is 0.200. The zero-order valence-corrected chi connectivity index (χ0v) is 11.0. The Morgan fingerprint density at radius 3 is 2.62 bits per heavy atom. The van der Waals surface area contributed by atoms with Gasteiger partial charge in [0.25, 0.3) is 0 Å². The van der Waals surface area contributed by atoms with Crippen LogP contribution >= 0.6 is 0 Å². The van der Waals surface area contributed by atoms with Crippen molar-refractivity contribution in [3.8, 4) is 0 Å². The molecule has 2 fully saturated rings. The molecule has 0 radical (unpaired) electrons. The Morgan fingerprint density at radius 1 is 1.19 bits per heavy atom. The van der Waals surface area contributed by atoms with Crippen LogP contribution in [0.4, 0.5) is 0 Å². The Kier molecular flexibility index (Phi) is 4.66. The van der Waals surface area contributed by atoms with Crippen molar-refractivity contribution in [1.29, 1.82) is 0 Å². The average Bonchev–Trinajstić information content (AvgIpc) is 2.59. The maximum Gasteiger partial charge on any atom is 0.00224 e. The van der Waals surface area contributed by atoms with Crippen LogP contribution in [0.15, 0.2) is 0 Å². The third-order valence-electron chi connectivity index (χ3n) is 4.10. The summed E-state index contributed by atoms with van der Waals surface area (Å²) in [5.74, 6) is 2.74. The Hall–Kier alpha value is -0.0800. The van der Waals surface area contributed by atoms with Crippen molar-refractivity contribution >= 4 is 0 Å². The summed E-state index contributed by atoms with van der Waals surface area (Å²) in [5, 5.41) is 3.60. The topological polar surface area (TPSA) is 15.3 Å². The Bertz CT molecular complexity index is 199. The lowest BCUT2D eigenvalue weighted by atomic mass is 9.85. The molecule has 1 saturated heterocycles. The Morgan fingerprint density at radius 2 is 2.00 bits per heavy atom.